The van der Waals surface area contributed by atoms with Crippen molar-refractivity contribution in [2.24, 2.45) is 13.0 Å². The molecule has 1 amide bonds. The molecule has 4 rings (SSSR count). The summed E-state index contributed by atoms with van der Waals surface area (Å²) in [6.07, 6.45) is 3.85. The quantitative estimate of drug-likeness (QED) is 0.743. The molecule has 1 aliphatic heterocycles. The van der Waals surface area contributed by atoms with Crippen molar-refractivity contribution in [1.82, 2.24) is 15.1 Å². The fourth-order valence-electron chi connectivity index (χ4n) is 3.66. The first-order valence-corrected chi connectivity index (χ1v) is 9.41. The van der Waals surface area contributed by atoms with E-state index in [1.165, 1.54) is 0 Å². The third kappa shape index (κ3) is 3.77. The van der Waals surface area contributed by atoms with Gasteiger partial charge in [-0.15, -0.1) is 0 Å². The number of hydrogen-bond acceptors (Lipinski definition) is 4. The lowest BCUT2D eigenvalue weighted by Gasteiger charge is -2.24. The normalized spacial score (nSPS) is 18.8. The first-order chi connectivity index (χ1) is 13.6. The summed E-state index contributed by atoms with van der Waals surface area (Å²) < 4.78 is 7.61. The molecule has 2 atom stereocenters. The van der Waals surface area contributed by atoms with Crippen LogP contribution in [0, 0.1) is 5.92 Å². The molecule has 2 aromatic carbocycles. The fourth-order valence-corrected chi connectivity index (χ4v) is 3.66. The maximum absolute atomic E-state index is 13.1. The molecule has 1 fully saturated rings. The van der Waals surface area contributed by atoms with Gasteiger partial charge in [-0.25, -0.2) is 0 Å². The van der Waals surface area contributed by atoms with Crippen molar-refractivity contribution < 1.29 is 9.53 Å². The molecule has 1 saturated heterocycles. The van der Waals surface area contributed by atoms with Gasteiger partial charge >= 0.3 is 0 Å². The predicted molar refractivity (Wildman–Crippen MR) is 109 cm³/mol. The molecule has 0 spiro atoms. The van der Waals surface area contributed by atoms with Gasteiger partial charge in [-0.2, -0.15) is 5.10 Å². The number of ether oxygens (including phenoxy) is 1. The minimum absolute atomic E-state index is 0.102. The second-order valence-electron chi connectivity index (χ2n) is 7.12. The van der Waals surface area contributed by atoms with E-state index in [2.05, 4.69) is 10.4 Å². The number of hydrogen-bond donors (Lipinski definition) is 1. The Hall–Kier alpha value is -3.12. The molecule has 0 saturated carbocycles. The van der Waals surface area contributed by atoms with E-state index >= 15 is 0 Å². The monoisotopic (exact) mass is 376 g/mol. The molecular weight excluding hydrogens is 352 g/mol. The molecule has 0 bridgehead atoms. The lowest BCUT2D eigenvalue weighted by Crippen LogP contribution is -2.36. The molecule has 6 heteroatoms. The summed E-state index contributed by atoms with van der Waals surface area (Å²) >= 11 is 0. The number of carbonyl (C=O) groups is 1. The van der Waals surface area contributed by atoms with Gasteiger partial charge in [0, 0.05) is 45.0 Å². The van der Waals surface area contributed by atoms with Crippen LogP contribution in [0.25, 0.3) is 0 Å². The van der Waals surface area contributed by atoms with Crippen LogP contribution in [0.2, 0.25) is 0 Å². The SMILES string of the molecule is CN(C(=O)[C@H]1CNC[C@@H]1c1cnn(C)c1)c1ccc(Oc2ccccc2)cc1. The lowest BCUT2D eigenvalue weighted by atomic mass is 9.90. The van der Waals surface area contributed by atoms with Gasteiger partial charge < -0.3 is 15.0 Å². The van der Waals surface area contributed by atoms with Crippen molar-refractivity contribution in [3.05, 3.63) is 72.6 Å². The highest BCUT2D eigenvalue weighted by molar-refractivity contribution is 5.95. The van der Waals surface area contributed by atoms with Gasteiger partial charge in [-0.05, 0) is 42.0 Å². The molecule has 1 aliphatic rings. The Morgan fingerprint density at radius 1 is 1.11 bits per heavy atom. The molecular formula is C22H24N4O2. The summed E-state index contributed by atoms with van der Waals surface area (Å²) in [6, 6.07) is 17.2. The van der Waals surface area contributed by atoms with Crippen LogP contribution in [0.4, 0.5) is 5.69 Å². The van der Waals surface area contributed by atoms with Crippen molar-refractivity contribution in [3.63, 3.8) is 0 Å². The second kappa shape index (κ2) is 7.86. The van der Waals surface area contributed by atoms with Crippen LogP contribution >= 0.6 is 0 Å². The summed E-state index contributed by atoms with van der Waals surface area (Å²) in [7, 11) is 3.72. The van der Waals surface area contributed by atoms with Crippen LogP contribution in [0.1, 0.15) is 11.5 Å². The summed E-state index contributed by atoms with van der Waals surface area (Å²) in [4.78, 5) is 14.9. The van der Waals surface area contributed by atoms with E-state index in [0.29, 0.717) is 6.54 Å². The molecule has 6 nitrogen and oxygen atoms in total. The van der Waals surface area contributed by atoms with Gasteiger partial charge in [-0.3, -0.25) is 9.48 Å². The summed E-state index contributed by atoms with van der Waals surface area (Å²) in [5, 5.41) is 7.60. The second-order valence-corrected chi connectivity index (χ2v) is 7.12. The zero-order valence-electron chi connectivity index (χ0n) is 16.1. The van der Waals surface area contributed by atoms with Crippen molar-refractivity contribution in [1.29, 1.82) is 0 Å². The Morgan fingerprint density at radius 2 is 1.82 bits per heavy atom. The lowest BCUT2D eigenvalue weighted by molar-refractivity contribution is -0.121. The van der Waals surface area contributed by atoms with Crippen LogP contribution in [0.5, 0.6) is 11.5 Å². The molecule has 28 heavy (non-hydrogen) atoms. The van der Waals surface area contributed by atoms with Crippen LogP contribution < -0.4 is 15.0 Å². The Morgan fingerprint density at radius 3 is 2.50 bits per heavy atom. The van der Waals surface area contributed by atoms with Gasteiger partial charge in [0.1, 0.15) is 11.5 Å². The van der Waals surface area contributed by atoms with Crippen molar-refractivity contribution in [3.8, 4) is 11.5 Å². The number of para-hydroxylation sites is 1. The zero-order valence-corrected chi connectivity index (χ0v) is 16.1. The van der Waals surface area contributed by atoms with E-state index < -0.39 is 0 Å². The number of amides is 1. The summed E-state index contributed by atoms with van der Waals surface area (Å²) in [5.74, 6) is 1.68. The Kier molecular flexibility index (Phi) is 5.12. The maximum Gasteiger partial charge on any atom is 0.231 e. The van der Waals surface area contributed by atoms with Gasteiger partial charge in [0.15, 0.2) is 0 Å². The molecule has 2 heterocycles. The first kappa shape index (κ1) is 18.3. The summed E-state index contributed by atoms with van der Waals surface area (Å²) in [5.41, 5.74) is 1.95. The maximum atomic E-state index is 13.1. The van der Waals surface area contributed by atoms with E-state index in [-0.39, 0.29) is 17.7 Å². The minimum atomic E-state index is -0.102. The largest absolute Gasteiger partial charge is 0.457 e. The molecule has 0 aliphatic carbocycles. The molecule has 3 aromatic rings. The molecule has 144 valence electrons. The fraction of sp³-hybridized carbons (Fsp3) is 0.273. The van der Waals surface area contributed by atoms with E-state index in [1.807, 2.05) is 81.1 Å². The standard InChI is InChI=1S/C22H24N4O2/c1-25-15-16(12-24-25)20-13-23-14-21(20)22(27)26(2)17-8-10-19(11-9-17)28-18-6-4-3-5-7-18/h3-12,15,20-21,23H,13-14H2,1-2H3/t20-,21+/m1/s1. The average molecular weight is 376 g/mol. The van der Waals surface area contributed by atoms with Crippen molar-refractivity contribution >= 4 is 11.6 Å². The number of anilines is 1. The highest BCUT2D eigenvalue weighted by Gasteiger charge is 2.36. The third-order valence-corrected chi connectivity index (χ3v) is 5.22. The molecule has 0 radical (unpaired) electrons. The number of aromatic nitrogens is 2. The molecule has 1 aromatic heterocycles. The van der Waals surface area contributed by atoms with E-state index in [9.17, 15) is 4.79 Å². The molecule has 1 N–H and O–H groups in total. The van der Waals surface area contributed by atoms with Gasteiger partial charge in [0.05, 0.1) is 12.1 Å². The van der Waals surface area contributed by atoms with E-state index in [1.54, 1.807) is 9.58 Å². The molecule has 0 unspecified atom stereocenters. The van der Waals surface area contributed by atoms with Crippen molar-refractivity contribution in [2.45, 2.75) is 5.92 Å². The van der Waals surface area contributed by atoms with Crippen LogP contribution in [0.15, 0.2) is 67.0 Å². The number of rotatable bonds is 5. The van der Waals surface area contributed by atoms with Gasteiger partial charge in [-0.1, -0.05) is 18.2 Å². The Labute approximate surface area is 164 Å². The zero-order chi connectivity index (χ0) is 19.5. The average Bonchev–Trinajstić information content (AvgIpc) is 3.37. The first-order valence-electron chi connectivity index (χ1n) is 9.41. The van der Waals surface area contributed by atoms with E-state index in [4.69, 9.17) is 4.74 Å². The van der Waals surface area contributed by atoms with Gasteiger partial charge in [0.2, 0.25) is 5.91 Å². The van der Waals surface area contributed by atoms with Crippen LogP contribution in [0.3, 0.4) is 0 Å². The summed E-state index contributed by atoms with van der Waals surface area (Å²) in [6.45, 7) is 1.47. The number of benzene rings is 2. The van der Waals surface area contributed by atoms with Gasteiger partial charge in [0.25, 0.3) is 0 Å². The van der Waals surface area contributed by atoms with Crippen LogP contribution in [-0.2, 0) is 11.8 Å². The minimum Gasteiger partial charge on any atom is -0.457 e. The number of carbonyl (C=O) groups excluding carboxylic acids is 1. The predicted octanol–water partition coefficient (Wildman–Crippen LogP) is 3.18. The van der Waals surface area contributed by atoms with Crippen molar-refractivity contribution in [2.75, 3.05) is 25.0 Å². The highest BCUT2D eigenvalue weighted by atomic mass is 16.5. The number of aryl methyl sites for hydroxylation is 1. The Bertz CT molecular complexity index is 937. The van der Waals surface area contributed by atoms with Crippen LogP contribution in [-0.4, -0.2) is 35.8 Å². The Balaban J connectivity index is 1.46. The highest BCUT2D eigenvalue weighted by Crippen LogP contribution is 2.31. The third-order valence-electron chi connectivity index (χ3n) is 5.22. The topological polar surface area (TPSA) is 59.4 Å². The number of nitrogens with one attached hydrogen (secondary N) is 1. The number of nitrogens with zero attached hydrogens (tertiary/aromatic N) is 3. The van der Waals surface area contributed by atoms with E-state index in [0.717, 1.165) is 29.3 Å². The smallest absolute Gasteiger partial charge is 0.231 e.